The molecule has 7 nitrogen and oxygen atoms in total. The Morgan fingerprint density at radius 3 is 2.86 bits per heavy atom. The summed E-state index contributed by atoms with van der Waals surface area (Å²) in [5, 5.41) is 5.32. The molecule has 2 heterocycles. The topological polar surface area (TPSA) is 90.1 Å². The van der Waals surface area contributed by atoms with Crippen molar-refractivity contribution in [3.63, 3.8) is 0 Å². The summed E-state index contributed by atoms with van der Waals surface area (Å²) >= 11 is 0. The van der Waals surface area contributed by atoms with Crippen LogP contribution >= 0.6 is 0 Å². The van der Waals surface area contributed by atoms with Gasteiger partial charge in [0.05, 0.1) is 17.6 Å². The van der Waals surface area contributed by atoms with Gasteiger partial charge in [-0.3, -0.25) is 9.59 Å². The minimum atomic E-state index is -0.686. The first-order valence-corrected chi connectivity index (χ1v) is 9.83. The van der Waals surface area contributed by atoms with Crippen LogP contribution in [0.1, 0.15) is 28.9 Å². The second-order valence-corrected chi connectivity index (χ2v) is 7.67. The van der Waals surface area contributed by atoms with Crippen molar-refractivity contribution in [1.82, 2.24) is 20.2 Å². The van der Waals surface area contributed by atoms with Crippen LogP contribution in [0.25, 0.3) is 11.0 Å². The lowest BCUT2D eigenvalue weighted by Gasteiger charge is -2.14. The fourth-order valence-corrected chi connectivity index (χ4v) is 3.70. The molecule has 7 heteroatoms. The van der Waals surface area contributed by atoms with Crippen LogP contribution < -0.4 is 10.6 Å². The SMILES string of the molecule is Cc1ccc2nc(CNC(=O)C(=O)Nc3ccc4c(c3)CN(C)CCC4)[nH]c2c1. The zero-order valence-electron chi connectivity index (χ0n) is 16.7. The summed E-state index contributed by atoms with van der Waals surface area (Å²) in [4.78, 5) is 34.4. The lowest BCUT2D eigenvalue weighted by Crippen LogP contribution is -2.35. The summed E-state index contributed by atoms with van der Waals surface area (Å²) in [6, 6.07) is 11.8. The number of aryl methyl sites for hydroxylation is 2. The first-order chi connectivity index (χ1) is 14.0. The number of fused-ring (bicyclic) bond motifs is 2. The third-order valence-electron chi connectivity index (χ3n) is 5.20. The van der Waals surface area contributed by atoms with E-state index in [4.69, 9.17) is 0 Å². The van der Waals surface area contributed by atoms with Crippen molar-refractivity contribution in [1.29, 1.82) is 0 Å². The molecule has 0 fully saturated rings. The number of carbonyl (C=O) groups excluding carboxylic acids is 2. The summed E-state index contributed by atoms with van der Waals surface area (Å²) in [6.45, 7) is 4.07. The smallest absolute Gasteiger partial charge is 0.313 e. The van der Waals surface area contributed by atoms with Crippen molar-refractivity contribution >= 4 is 28.5 Å². The summed E-state index contributed by atoms with van der Waals surface area (Å²) in [7, 11) is 2.09. The number of amides is 2. The maximum atomic E-state index is 12.3. The molecule has 0 saturated heterocycles. The molecule has 0 aliphatic carbocycles. The van der Waals surface area contributed by atoms with E-state index in [1.54, 1.807) is 0 Å². The largest absolute Gasteiger partial charge is 0.341 e. The van der Waals surface area contributed by atoms with Crippen LogP contribution in [0, 0.1) is 6.92 Å². The third-order valence-corrected chi connectivity index (χ3v) is 5.20. The van der Waals surface area contributed by atoms with E-state index in [9.17, 15) is 9.59 Å². The second-order valence-electron chi connectivity index (χ2n) is 7.67. The Morgan fingerprint density at radius 1 is 1.14 bits per heavy atom. The van der Waals surface area contributed by atoms with Gasteiger partial charge in [0, 0.05) is 12.2 Å². The molecule has 3 aromatic rings. The van der Waals surface area contributed by atoms with Crippen LogP contribution in [0.5, 0.6) is 0 Å². The van der Waals surface area contributed by atoms with Crippen molar-refractivity contribution in [2.24, 2.45) is 0 Å². The summed E-state index contributed by atoms with van der Waals surface area (Å²) < 4.78 is 0. The van der Waals surface area contributed by atoms with E-state index >= 15 is 0 Å². The van der Waals surface area contributed by atoms with Gasteiger partial charge in [0.25, 0.3) is 0 Å². The van der Waals surface area contributed by atoms with Gasteiger partial charge in [0.1, 0.15) is 5.82 Å². The number of nitrogens with one attached hydrogen (secondary N) is 3. The minimum absolute atomic E-state index is 0.162. The van der Waals surface area contributed by atoms with Crippen LogP contribution in [0.2, 0.25) is 0 Å². The molecule has 0 radical (unpaired) electrons. The predicted octanol–water partition coefficient (Wildman–Crippen LogP) is 2.50. The molecule has 2 amide bonds. The molecule has 0 spiro atoms. The summed E-state index contributed by atoms with van der Waals surface area (Å²) in [5.74, 6) is -0.757. The Hall–Kier alpha value is -3.19. The molecule has 29 heavy (non-hydrogen) atoms. The average molecular weight is 391 g/mol. The zero-order valence-corrected chi connectivity index (χ0v) is 16.7. The number of rotatable bonds is 3. The second kappa shape index (κ2) is 8.05. The fourth-order valence-electron chi connectivity index (χ4n) is 3.70. The Kier molecular flexibility index (Phi) is 5.31. The number of benzene rings is 2. The van der Waals surface area contributed by atoms with Crippen LogP contribution in [0.15, 0.2) is 36.4 Å². The van der Waals surface area contributed by atoms with E-state index in [1.807, 2.05) is 43.3 Å². The molecule has 1 aliphatic heterocycles. The number of nitrogens with zero attached hydrogens (tertiary/aromatic N) is 2. The van der Waals surface area contributed by atoms with E-state index in [1.165, 1.54) is 11.1 Å². The van der Waals surface area contributed by atoms with Gasteiger partial charge in [-0.15, -0.1) is 0 Å². The lowest BCUT2D eigenvalue weighted by molar-refractivity contribution is -0.136. The normalized spacial score (nSPS) is 14.3. The highest BCUT2D eigenvalue weighted by molar-refractivity contribution is 6.39. The summed E-state index contributed by atoms with van der Waals surface area (Å²) in [5.41, 5.74) is 6.01. The number of aromatic nitrogens is 2. The molecule has 0 saturated carbocycles. The van der Waals surface area contributed by atoms with Crippen molar-refractivity contribution in [2.75, 3.05) is 18.9 Å². The molecular weight excluding hydrogens is 366 g/mol. The average Bonchev–Trinajstić information content (AvgIpc) is 2.99. The van der Waals surface area contributed by atoms with Crippen LogP contribution in [0.4, 0.5) is 5.69 Å². The van der Waals surface area contributed by atoms with E-state index in [0.29, 0.717) is 11.5 Å². The quantitative estimate of drug-likeness (QED) is 0.599. The highest BCUT2D eigenvalue weighted by atomic mass is 16.2. The van der Waals surface area contributed by atoms with Gasteiger partial charge in [0.15, 0.2) is 0 Å². The van der Waals surface area contributed by atoms with E-state index in [0.717, 1.165) is 42.5 Å². The van der Waals surface area contributed by atoms with Crippen LogP contribution in [0.3, 0.4) is 0 Å². The van der Waals surface area contributed by atoms with Gasteiger partial charge in [-0.1, -0.05) is 12.1 Å². The molecule has 1 aromatic heterocycles. The molecule has 0 unspecified atom stereocenters. The van der Waals surface area contributed by atoms with Crippen molar-refractivity contribution in [3.8, 4) is 0 Å². The molecule has 4 rings (SSSR count). The number of anilines is 1. The number of hydrogen-bond donors (Lipinski definition) is 3. The molecule has 3 N–H and O–H groups in total. The zero-order chi connectivity index (χ0) is 20.4. The van der Waals surface area contributed by atoms with Crippen molar-refractivity contribution in [2.45, 2.75) is 32.9 Å². The Labute approximate surface area is 169 Å². The van der Waals surface area contributed by atoms with Gasteiger partial charge in [-0.2, -0.15) is 0 Å². The number of H-pyrrole nitrogens is 1. The number of imidazole rings is 1. The summed E-state index contributed by atoms with van der Waals surface area (Å²) in [6.07, 6.45) is 2.16. The Bertz CT molecular complexity index is 1070. The first-order valence-electron chi connectivity index (χ1n) is 9.83. The fraction of sp³-hybridized carbons (Fsp3) is 0.318. The molecular formula is C22H25N5O2. The van der Waals surface area contributed by atoms with Crippen LogP contribution in [-0.2, 0) is 29.1 Å². The van der Waals surface area contributed by atoms with E-state index in [-0.39, 0.29) is 6.54 Å². The van der Waals surface area contributed by atoms with Gasteiger partial charge in [-0.05, 0) is 74.3 Å². The maximum Gasteiger partial charge on any atom is 0.313 e. The highest BCUT2D eigenvalue weighted by Gasteiger charge is 2.16. The molecule has 150 valence electrons. The van der Waals surface area contributed by atoms with Gasteiger partial charge < -0.3 is 20.5 Å². The third kappa shape index (κ3) is 4.46. The number of aromatic amines is 1. The Balaban J connectivity index is 1.37. The Morgan fingerprint density at radius 2 is 2.00 bits per heavy atom. The van der Waals surface area contributed by atoms with E-state index in [2.05, 4.69) is 32.5 Å². The maximum absolute atomic E-state index is 12.3. The molecule has 1 aliphatic rings. The highest BCUT2D eigenvalue weighted by Crippen LogP contribution is 2.22. The number of hydrogen-bond acceptors (Lipinski definition) is 4. The van der Waals surface area contributed by atoms with Crippen molar-refractivity contribution in [3.05, 3.63) is 58.9 Å². The molecule has 0 atom stereocenters. The molecule has 2 aromatic carbocycles. The monoisotopic (exact) mass is 391 g/mol. The van der Waals surface area contributed by atoms with Crippen molar-refractivity contribution < 1.29 is 9.59 Å². The predicted molar refractivity (Wildman–Crippen MR) is 112 cm³/mol. The van der Waals surface area contributed by atoms with Crippen LogP contribution in [-0.4, -0.2) is 40.3 Å². The molecule has 0 bridgehead atoms. The van der Waals surface area contributed by atoms with Gasteiger partial charge >= 0.3 is 11.8 Å². The lowest BCUT2D eigenvalue weighted by atomic mass is 10.0. The first kappa shape index (κ1) is 19.1. The van der Waals surface area contributed by atoms with E-state index < -0.39 is 11.8 Å². The minimum Gasteiger partial charge on any atom is -0.341 e. The standard InChI is InChI=1S/C22H25N5O2/c1-14-5-8-18-19(10-14)26-20(25-18)12-23-21(28)22(29)24-17-7-6-15-4-3-9-27(2)13-16(15)11-17/h5-8,10-11H,3-4,9,12-13H2,1-2H3,(H,23,28)(H,24,29)(H,25,26). The van der Waals surface area contributed by atoms with Gasteiger partial charge in [-0.25, -0.2) is 4.98 Å². The van der Waals surface area contributed by atoms with Gasteiger partial charge in [0.2, 0.25) is 0 Å². The number of carbonyl (C=O) groups is 2.